The molecule has 2 aliphatic rings. The number of nitrogens with zero attached hydrogens (tertiary/aromatic N) is 3. The predicted molar refractivity (Wildman–Crippen MR) is 152 cm³/mol. The lowest BCUT2D eigenvalue weighted by Gasteiger charge is -2.31. The average Bonchev–Trinajstić information content (AvgIpc) is 3.46. The van der Waals surface area contributed by atoms with Crippen molar-refractivity contribution < 1.29 is 32.3 Å². The van der Waals surface area contributed by atoms with Crippen LogP contribution in [0.5, 0.6) is 5.75 Å². The van der Waals surface area contributed by atoms with Gasteiger partial charge in [0.2, 0.25) is 15.9 Å². The molecule has 2 aliphatic heterocycles. The van der Waals surface area contributed by atoms with E-state index in [4.69, 9.17) is 9.47 Å². The quantitative estimate of drug-likeness (QED) is 0.444. The highest BCUT2D eigenvalue weighted by Gasteiger charge is 2.40. The zero-order valence-electron chi connectivity index (χ0n) is 23.7. The van der Waals surface area contributed by atoms with E-state index in [2.05, 4.69) is 10.2 Å². The summed E-state index contributed by atoms with van der Waals surface area (Å²) in [7, 11) is -1.89. The molecule has 2 fully saturated rings. The number of likely N-dealkylation sites (N-methyl/N-ethyl adjacent to an activating group) is 1. The van der Waals surface area contributed by atoms with Crippen LogP contribution in [0.2, 0.25) is 0 Å². The fraction of sp³-hybridized carbons (Fsp3) is 0.483. The van der Waals surface area contributed by atoms with E-state index < -0.39 is 40.1 Å². The summed E-state index contributed by atoms with van der Waals surface area (Å²) in [5, 5.41) is 2.73. The molecule has 0 aliphatic carbocycles. The van der Waals surface area contributed by atoms with E-state index in [9.17, 15) is 22.8 Å². The molecule has 222 valence electrons. The molecule has 2 atom stereocenters. The highest BCUT2D eigenvalue weighted by Crippen LogP contribution is 2.27. The van der Waals surface area contributed by atoms with Crippen molar-refractivity contribution in [2.75, 3.05) is 46.4 Å². The summed E-state index contributed by atoms with van der Waals surface area (Å²) in [6.45, 7) is 6.64. The SMILES string of the molecule is CCOC(=O)[C@H](Cc1ccc(OC(=O)N2CCN(C)CC2)cc1)NC(=O)[C@@H]1CCCN1S(=O)(=O)c1ccc(C)cc1. The van der Waals surface area contributed by atoms with Gasteiger partial charge in [0, 0.05) is 39.1 Å². The van der Waals surface area contributed by atoms with Gasteiger partial charge in [-0.15, -0.1) is 0 Å². The van der Waals surface area contributed by atoms with E-state index in [1.54, 1.807) is 48.2 Å². The molecule has 1 N–H and O–H groups in total. The molecule has 2 amide bonds. The van der Waals surface area contributed by atoms with Crippen LogP contribution >= 0.6 is 0 Å². The molecule has 2 heterocycles. The van der Waals surface area contributed by atoms with Gasteiger partial charge in [0.05, 0.1) is 11.5 Å². The van der Waals surface area contributed by atoms with Gasteiger partial charge in [-0.2, -0.15) is 4.31 Å². The number of carbonyl (C=O) groups excluding carboxylic acids is 3. The fourth-order valence-electron chi connectivity index (χ4n) is 4.92. The number of hydrogen-bond donors (Lipinski definition) is 1. The van der Waals surface area contributed by atoms with Gasteiger partial charge in [0.1, 0.15) is 17.8 Å². The Morgan fingerprint density at radius 2 is 1.63 bits per heavy atom. The summed E-state index contributed by atoms with van der Waals surface area (Å²) < 4.78 is 38.5. The molecule has 0 saturated carbocycles. The van der Waals surface area contributed by atoms with E-state index in [0.717, 1.165) is 18.7 Å². The summed E-state index contributed by atoms with van der Waals surface area (Å²) in [5.41, 5.74) is 1.64. The Morgan fingerprint density at radius 1 is 0.976 bits per heavy atom. The molecule has 0 radical (unpaired) electrons. The Kier molecular flexibility index (Phi) is 10.0. The Labute approximate surface area is 241 Å². The van der Waals surface area contributed by atoms with E-state index in [-0.39, 0.29) is 24.5 Å². The molecule has 2 aromatic carbocycles. The highest BCUT2D eigenvalue weighted by atomic mass is 32.2. The van der Waals surface area contributed by atoms with Crippen molar-refractivity contribution in [2.45, 2.75) is 50.1 Å². The molecule has 0 bridgehead atoms. The van der Waals surface area contributed by atoms with E-state index in [1.807, 2.05) is 14.0 Å². The molecule has 11 nitrogen and oxygen atoms in total. The number of ether oxygens (including phenoxy) is 2. The van der Waals surface area contributed by atoms with Gasteiger partial charge in [-0.3, -0.25) is 4.79 Å². The smallest absolute Gasteiger partial charge is 0.415 e. The van der Waals surface area contributed by atoms with Crippen LogP contribution in [0.25, 0.3) is 0 Å². The Bertz CT molecular complexity index is 1320. The van der Waals surface area contributed by atoms with Gasteiger partial charge in [0.15, 0.2) is 0 Å². The minimum atomic E-state index is -3.89. The zero-order valence-corrected chi connectivity index (χ0v) is 24.6. The molecule has 0 spiro atoms. The van der Waals surface area contributed by atoms with Gasteiger partial charge in [-0.25, -0.2) is 18.0 Å². The third-order valence-corrected chi connectivity index (χ3v) is 9.27. The molecule has 12 heteroatoms. The van der Waals surface area contributed by atoms with Crippen molar-refractivity contribution in [1.82, 2.24) is 19.4 Å². The van der Waals surface area contributed by atoms with Crippen LogP contribution in [-0.4, -0.2) is 99.0 Å². The standard InChI is InChI=1S/C29H38N4O7S/c1-4-39-28(35)25(20-22-9-11-23(12-10-22)40-29(36)32-18-16-31(3)17-19-32)30-27(34)26-6-5-15-33(26)41(37,38)24-13-7-21(2)8-14-24/h7-14,25-26H,4-6,15-20H2,1-3H3,(H,30,34)/t25-,26-/m0/s1. The number of nitrogens with one attached hydrogen (secondary N) is 1. The first-order chi connectivity index (χ1) is 19.6. The van der Waals surface area contributed by atoms with Crippen molar-refractivity contribution in [1.29, 1.82) is 0 Å². The first kappa shape index (κ1) is 30.5. The molecule has 41 heavy (non-hydrogen) atoms. The molecule has 4 rings (SSSR count). The van der Waals surface area contributed by atoms with Crippen LogP contribution in [0.3, 0.4) is 0 Å². The van der Waals surface area contributed by atoms with Gasteiger partial charge >= 0.3 is 12.1 Å². The van der Waals surface area contributed by atoms with Crippen LogP contribution in [0, 0.1) is 6.92 Å². The average molecular weight is 587 g/mol. The van der Waals surface area contributed by atoms with Crippen LogP contribution < -0.4 is 10.1 Å². The number of carbonyl (C=O) groups is 3. The Hall–Kier alpha value is -3.48. The number of piperazine rings is 1. The molecule has 0 unspecified atom stereocenters. The number of hydrogen-bond acceptors (Lipinski definition) is 8. The van der Waals surface area contributed by atoms with Crippen LogP contribution in [0.4, 0.5) is 4.79 Å². The lowest BCUT2D eigenvalue weighted by molar-refractivity contribution is -0.147. The first-order valence-electron chi connectivity index (χ1n) is 13.9. The second-order valence-electron chi connectivity index (χ2n) is 10.4. The maximum Gasteiger partial charge on any atom is 0.415 e. The third kappa shape index (κ3) is 7.63. The number of aryl methyl sites for hydroxylation is 1. The number of esters is 1. The van der Waals surface area contributed by atoms with Crippen molar-refractivity contribution in [3.8, 4) is 5.75 Å². The lowest BCUT2D eigenvalue weighted by atomic mass is 10.0. The summed E-state index contributed by atoms with van der Waals surface area (Å²) in [6.07, 6.45) is 0.583. The van der Waals surface area contributed by atoms with E-state index in [1.165, 1.54) is 16.4 Å². The molecule has 0 aromatic heterocycles. The number of rotatable bonds is 9. The van der Waals surface area contributed by atoms with Crippen molar-refractivity contribution in [3.63, 3.8) is 0 Å². The largest absolute Gasteiger partial charge is 0.464 e. The number of amides is 2. The van der Waals surface area contributed by atoms with Crippen molar-refractivity contribution >= 4 is 28.0 Å². The zero-order chi connectivity index (χ0) is 29.6. The van der Waals surface area contributed by atoms with Crippen LogP contribution in [0.1, 0.15) is 30.9 Å². The highest BCUT2D eigenvalue weighted by molar-refractivity contribution is 7.89. The normalized spacial score (nSPS) is 19.0. The monoisotopic (exact) mass is 586 g/mol. The molecule has 2 saturated heterocycles. The lowest BCUT2D eigenvalue weighted by Crippen LogP contribution is -2.51. The van der Waals surface area contributed by atoms with Gasteiger partial charge in [-0.05, 0) is 63.6 Å². The molecular formula is C29H38N4O7S. The Balaban J connectivity index is 1.42. The summed E-state index contributed by atoms with van der Waals surface area (Å²) >= 11 is 0. The second-order valence-corrected chi connectivity index (χ2v) is 12.3. The van der Waals surface area contributed by atoms with Crippen LogP contribution in [0.15, 0.2) is 53.4 Å². The minimum Gasteiger partial charge on any atom is -0.464 e. The first-order valence-corrected chi connectivity index (χ1v) is 15.3. The van der Waals surface area contributed by atoms with E-state index >= 15 is 0 Å². The van der Waals surface area contributed by atoms with Gasteiger partial charge < -0.3 is 24.6 Å². The topological polar surface area (TPSA) is 126 Å². The number of benzene rings is 2. The minimum absolute atomic E-state index is 0.120. The number of sulfonamides is 1. The fourth-order valence-corrected chi connectivity index (χ4v) is 6.58. The summed E-state index contributed by atoms with van der Waals surface area (Å²) in [4.78, 5) is 42.5. The maximum absolute atomic E-state index is 13.4. The van der Waals surface area contributed by atoms with Gasteiger partial charge in [-0.1, -0.05) is 29.8 Å². The van der Waals surface area contributed by atoms with Crippen molar-refractivity contribution in [3.05, 3.63) is 59.7 Å². The van der Waals surface area contributed by atoms with Crippen LogP contribution in [-0.2, 0) is 30.8 Å². The maximum atomic E-state index is 13.4. The molecule has 2 aromatic rings. The molecular weight excluding hydrogens is 548 g/mol. The predicted octanol–water partition coefficient (Wildman–Crippen LogP) is 2.18. The van der Waals surface area contributed by atoms with Gasteiger partial charge in [0.25, 0.3) is 0 Å². The summed E-state index contributed by atoms with van der Waals surface area (Å²) in [6, 6.07) is 11.3. The summed E-state index contributed by atoms with van der Waals surface area (Å²) in [5.74, 6) is -0.788. The third-order valence-electron chi connectivity index (χ3n) is 7.35. The Morgan fingerprint density at radius 3 is 2.27 bits per heavy atom. The van der Waals surface area contributed by atoms with E-state index in [0.29, 0.717) is 37.2 Å². The van der Waals surface area contributed by atoms with Crippen molar-refractivity contribution in [2.24, 2.45) is 0 Å². The second kappa shape index (κ2) is 13.5.